The molecule has 0 aromatic rings. The molecule has 0 rings (SSSR count). The van der Waals surface area contributed by atoms with E-state index >= 15 is 0 Å². The van der Waals surface area contributed by atoms with Gasteiger partial charge in [0.25, 0.3) is 0 Å². The smallest absolute Gasteiger partial charge is 0.542 e. The number of rotatable bonds is 6. The summed E-state index contributed by atoms with van der Waals surface area (Å²) in [6.45, 7) is 2.28. The molecule has 0 aliphatic carbocycles. The Balaban J connectivity index is -0.000000116. The third-order valence-corrected chi connectivity index (χ3v) is 1.27. The first kappa shape index (κ1) is 27.2. The Morgan fingerprint density at radius 1 is 0.700 bits per heavy atom. The molecule has 0 aromatic carbocycles. The number of carboxylic acid groups (broad SMARTS) is 2. The Kier molecular flexibility index (Phi) is 19.4. The third kappa shape index (κ3) is 19.2. The van der Waals surface area contributed by atoms with Gasteiger partial charge < -0.3 is 25.3 Å². The normalized spacial score (nSPS) is 7.70. The number of hydrogen-bond donors (Lipinski definition) is 0. The van der Waals surface area contributed by atoms with Crippen molar-refractivity contribution in [2.45, 2.75) is 26.7 Å². The van der Waals surface area contributed by atoms with Gasteiger partial charge in [-0.3, -0.25) is 19.2 Å². The standard InChI is InChI=1S/2C5H6O4.Ca.H2O/c2*1-3(6)2-4(7)5(8)9;;/h2*2H2,1H3,(H,8,9);;1H2/q;;+2;/p-2. The zero-order chi connectivity index (χ0) is 14.9. The van der Waals surface area contributed by atoms with Crippen LogP contribution in [0.15, 0.2) is 0 Å². The van der Waals surface area contributed by atoms with Crippen molar-refractivity contribution >= 4 is 72.8 Å². The van der Waals surface area contributed by atoms with Crippen LogP contribution in [0.5, 0.6) is 0 Å². The summed E-state index contributed by atoms with van der Waals surface area (Å²) in [6.07, 6.45) is -1.13. The first-order valence-electron chi connectivity index (χ1n) is 4.55. The van der Waals surface area contributed by atoms with E-state index < -0.39 is 47.9 Å². The van der Waals surface area contributed by atoms with Gasteiger partial charge in [0.15, 0.2) is 11.6 Å². The number of carboxylic acids is 2. The van der Waals surface area contributed by atoms with Crippen LogP contribution in [0.3, 0.4) is 0 Å². The minimum atomic E-state index is -1.80. The van der Waals surface area contributed by atoms with Gasteiger partial charge in [0.2, 0.25) is 0 Å². The summed E-state index contributed by atoms with van der Waals surface area (Å²) in [5, 5.41) is 19.2. The van der Waals surface area contributed by atoms with E-state index in [2.05, 4.69) is 0 Å². The number of Topliss-reactive ketones (excluding diaryl/α,β-unsaturated/α-hetero) is 4. The minimum absolute atomic E-state index is 0. The zero-order valence-electron chi connectivity index (χ0n) is 10.9. The van der Waals surface area contributed by atoms with E-state index in [9.17, 15) is 39.0 Å². The maximum atomic E-state index is 10.1. The van der Waals surface area contributed by atoms with Gasteiger partial charge in [-0.25, -0.2) is 0 Å². The second-order valence-electron chi connectivity index (χ2n) is 3.18. The van der Waals surface area contributed by atoms with Gasteiger partial charge in [0, 0.05) is 0 Å². The van der Waals surface area contributed by atoms with E-state index in [-0.39, 0.29) is 43.2 Å². The molecule has 0 aliphatic heterocycles. The summed E-state index contributed by atoms with van der Waals surface area (Å²) >= 11 is 0. The Bertz CT molecular complexity index is 362. The van der Waals surface area contributed by atoms with E-state index in [1.807, 2.05) is 0 Å². The number of ketones is 4. The molecule has 0 aromatic heterocycles. The van der Waals surface area contributed by atoms with Gasteiger partial charge in [0.1, 0.15) is 23.5 Å². The average molecular weight is 316 g/mol. The fraction of sp³-hybridized carbons (Fsp3) is 0.400. The predicted octanol–water partition coefficient (Wildman–Crippen LogP) is -4.64. The Morgan fingerprint density at radius 2 is 0.900 bits per heavy atom. The van der Waals surface area contributed by atoms with E-state index in [4.69, 9.17) is 0 Å². The molecule has 0 amide bonds. The van der Waals surface area contributed by atoms with Crippen molar-refractivity contribution in [2.24, 2.45) is 0 Å². The van der Waals surface area contributed by atoms with Crippen LogP contribution in [0.25, 0.3) is 0 Å². The SMILES string of the molecule is CC(=O)CC(=O)C(=O)[O-].CC(=O)CC(=O)C(=O)[O-].O.[Ca+2]. The fourth-order valence-electron chi connectivity index (χ4n) is 0.597. The van der Waals surface area contributed by atoms with Crippen molar-refractivity contribution in [3.8, 4) is 0 Å². The summed E-state index contributed by atoms with van der Waals surface area (Å²) < 4.78 is 0. The van der Waals surface area contributed by atoms with Crippen molar-refractivity contribution < 1.29 is 44.5 Å². The molecule has 20 heavy (non-hydrogen) atoms. The Labute approximate surface area is 143 Å². The maximum Gasteiger partial charge on any atom is 2.00 e. The average Bonchev–Trinajstić information content (AvgIpc) is 2.16. The molecule has 0 heterocycles. The summed E-state index contributed by atoms with van der Waals surface area (Å²) in [7, 11) is 0. The Hall–Kier alpha value is -1.16. The maximum absolute atomic E-state index is 10.1. The molecule has 0 saturated heterocycles. The minimum Gasteiger partial charge on any atom is -0.542 e. The molecule has 0 radical (unpaired) electrons. The Morgan fingerprint density at radius 3 is 0.950 bits per heavy atom. The number of aliphatic carboxylic acids is 2. The van der Waals surface area contributed by atoms with Gasteiger partial charge in [-0.2, -0.15) is 0 Å². The van der Waals surface area contributed by atoms with Crippen molar-refractivity contribution in [1.29, 1.82) is 0 Å². The summed E-state index contributed by atoms with van der Waals surface area (Å²) in [5.74, 6) is -6.87. The van der Waals surface area contributed by atoms with Crippen molar-refractivity contribution in [1.82, 2.24) is 0 Å². The predicted molar refractivity (Wildman–Crippen MR) is 60.0 cm³/mol. The molecular formula is C10H12CaO9. The molecule has 108 valence electrons. The molecule has 0 aliphatic rings. The molecular weight excluding hydrogens is 304 g/mol. The van der Waals surface area contributed by atoms with Gasteiger partial charge >= 0.3 is 37.7 Å². The first-order valence-corrected chi connectivity index (χ1v) is 4.55. The number of hydrogen-bond acceptors (Lipinski definition) is 8. The summed E-state index contributed by atoms with van der Waals surface area (Å²) in [5.41, 5.74) is 0. The summed E-state index contributed by atoms with van der Waals surface area (Å²) in [6, 6.07) is 0. The van der Waals surface area contributed by atoms with Crippen LogP contribution in [0.2, 0.25) is 0 Å². The van der Waals surface area contributed by atoms with Gasteiger partial charge in [-0.1, -0.05) is 0 Å². The second-order valence-corrected chi connectivity index (χ2v) is 3.18. The quantitative estimate of drug-likeness (QED) is 0.266. The molecule has 0 bridgehead atoms. The van der Waals surface area contributed by atoms with Crippen LogP contribution in [0, 0.1) is 0 Å². The largest absolute Gasteiger partial charge is 2.00 e. The van der Waals surface area contributed by atoms with Crippen LogP contribution in [-0.2, 0) is 28.8 Å². The molecule has 0 spiro atoms. The van der Waals surface area contributed by atoms with E-state index in [0.717, 1.165) is 13.8 Å². The van der Waals surface area contributed by atoms with Gasteiger partial charge in [0.05, 0.1) is 12.8 Å². The van der Waals surface area contributed by atoms with E-state index in [1.54, 1.807) is 0 Å². The molecule has 0 unspecified atom stereocenters. The van der Waals surface area contributed by atoms with E-state index in [0.29, 0.717) is 0 Å². The molecule has 2 N–H and O–H groups in total. The van der Waals surface area contributed by atoms with Crippen LogP contribution in [0.4, 0.5) is 0 Å². The topological polar surface area (TPSA) is 180 Å². The van der Waals surface area contributed by atoms with Crippen molar-refractivity contribution in [2.75, 3.05) is 0 Å². The van der Waals surface area contributed by atoms with Crippen LogP contribution in [0.1, 0.15) is 26.7 Å². The third-order valence-electron chi connectivity index (χ3n) is 1.27. The number of carbonyl (C=O) groups is 6. The van der Waals surface area contributed by atoms with Crippen LogP contribution < -0.4 is 10.2 Å². The molecule has 0 fully saturated rings. The molecule has 0 saturated carbocycles. The molecule has 9 nitrogen and oxygen atoms in total. The van der Waals surface area contributed by atoms with Crippen LogP contribution >= 0.6 is 0 Å². The first-order chi connectivity index (χ1) is 8.07. The van der Waals surface area contributed by atoms with Crippen LogP contribution in [-0.4, -0.2) is 78.3 Å². The second kappa shape index (κ2) is 14.3. The molecule has 0 atom stereocenters. The van der Waals surface area contributed by atoms with E-state index in [1.165, 1.54) is 0 Å². The van der Waals surface area contributed by atoms with Gasteiger partial charge in [-0.15, -0.1) is 0 Å². The fourth-order valence-corrected chi connectivity index (χ4v) is 0.597. The van der Waals surface area contributed by atoms with Gasteiger partial charge in [-0.05, 0) is 13.8 Å². The van der Waals surface area contributed by atoms with Crippen molar-refractivity contribution in [3.63, 3.8) is 0 Å². The zero-order valence-corrected chi connectivity index (χ0v) is 13.1. The summed E-state index contributed by atoms with van der Waals surface area (Å²) in [4.78, 5) is 59.5. The van der Waals surface area contributed by atoms with Crippen molar-refractivity contribution in [3.05, 3.63) is 0 Å². The number of carbonyl (C=O) groups excluding carboxylic acids is 6. The molecule has 10 heteroatoms. The monoisotopic (exact) mass is 316 g/mol.